The third-order valence-corrected chi connectivity index (χ3v) is 23.4. The quantitative estimate of drug-likeness (QED) is 0.0318. The summed E-state index contributed by atoms with van der Waals surface area (Å²) in [5.74, 6) is 0. The van der Waals surface area contributed by atoms with Crippen LogP contribution in [-0.2, 0) is 46.2 Å². The van der Waals surface area contributed by atoms with Crippen molar-refractivity contribution in [1.29, 1.82) is 0 Å². The van der Waals surface area contributed by atoms with Gasteiger partial charge in [0.1, 0.15) is 0 Å². The Morgan fingerprint density at radius 2 is 0.522 bits per heavy atom. The summed E-state index contributed by atoms with van der Waals surface area (Å²) in [6, 6.07) is 32.2. The molecule has 69 heavy (non-hydrogen) atoms. The van der Waals surface area contributed by atoms with Crippen LogP contribution < -0.4 is 32.6 Å². The highest BCUT2D eigenvalue weighted by Gasteiger charge is 2.42. The second kappa shape index (κ2) is 32.5. The van der Waals surface area contributed by atoms with Crippen LogP contribution in [0.2, 0.25) is 18.1 Å². The van der Waals surface area contributed by atoms with Crippen molar-refractivity contribution in [2.75, 3.05) is 39.6 Å². The van der Waals surface area contributed by atoms with E-state index in [1.807, 2.05) is 54.6 Å². The highest BCUT2D eigenvalue weighted by molar-refractivity contribution is 6.82. The zero-order valence-electron chi connectivity index (χ0n) is 43.3. The van der Waals surface area contributed by atoms with E-state index in [4.69, 9.17) is 26.6 Å². The molecule has 1 heterocycles. The highest BCUT2D eigenvalue weighted by Crippen LogP contribution is 2.22. The molecule has 0 radical (unpaired) electrons. The van der Waals surface area contributed by atoms with Crippen molar-refractivity contribution in [2.24, 2.45) is 0 Å². The van der Waals surface area contributed by atoms with Gasteiger partial charge in [0.2, 0.25) is 0 Å². The Balaban J connectivity index is 1.78. The average Bonchev–Trinajstić information content (AvgIpc) is 3.37. The largest absolute Gasteiger partial charge is 0.391 e. The van der Waals surface area contributed by atoms with Crippen molar-refractivity contribution in [3.05, 3.63) is 122 Å². The Morgan fingerprint density at radius 3 is 0.710 bits per heavy atom. The molecule has 384 valence electrons. The number of unbranched alkanes of at least 4 members (excludes halogenated alkanes) is 6. The number of rotatable bonds is 39. The fourth-order valence-electron chi connectivity index (χ4n) is 8.52. The van der Waals surface area contributed by atoms with E-state index in [-0.39, 0.29) is 19.6 Å². The summed E-state index contributed by atoms with van der Waals surface area (Å²) < 4.78 is 44.6. The molecule has 0 bridgehead atoms. The summed E-state index contributed by atoms with van der Waals surface area (Å²) in [5.41, 5.74) is -1.80. The SMILES string of the molecule is CCCCO[Si](CCCn1c(=O)n(CCC[Si](OCCCC)(OCCCC)c2ccccc2)c(=O)n(CCC[Si](OCCCC)(OCCCC)c2ccccc2)c1=O)(OCCCC)c1ccccc1. The number of hydrogen-bond donors (Lipinski definition) is 0. The molecule has 0 N–H and O–H groups in total. The van der Waals surface area contributed by atoms with E-state index in [1.165, 1.54) is 13.7 Å². The van der Waals surface area contributed by atoms with Crippen molar-refractivity contribution in [3.63, 3.8) is 0 Å². The van der Waals surface area contributed by atoms with Gasteiger partial charge < -0.3 is 26.6 Å². The van der Waals surface area contributed by atoms with Gasteiger partial charge in [-0.25, -0.2) is 28.1 Å². The first kappa shape index (κ1) is 58.1. The number of hydrogen-bond acceptors (Lipinski definition) is 9. The van der Waals surface area contributed by atoms with E-state index in [0.717, 1.165) is 92.6 Å². The minimum atomic E-state index is -3.02. The minimum absolute atomic E-state index is 0.111. The van der Waals surface area contributed by atoms with Crippen LogP contribution >= 0.6 is 0 Å². The molecular formula is C54H87N3O9Si3. The van der Waals surface area contributed by atoms with Crippen LogP contribution in [0.3, 0.4) is 0 Å². The molecule has 3 aromatic carbocycles. The standard InChI is InChI=1S/C54H87N3O9Si3/c1-7-13-40-61-67(62-41-14-8-2,49-31-22-19-23-32-49)46-28-37-55-52(58)56(38-29-47-68(63-42-15-9-3,64-43-16-10-4)50-33-24-20-25-34-50)54(60)57(53(55)59)39-30-48-69(65-44-17-11-5,66-45-18-12-6)51-35-26-21-27-36-51/h19-27,31-36H,7-18,28-30,37-48H2,1-6H3. The zero-order chi connectivity index (χ0) is 49.6. The van der Waals surface area contributed by atoms with E-state index in [9.17, 15) is 14.4 Å². The van der Waals surface area contributed by atoms with Crippen LogP contribution in [0.4, 0.5) is 0 Å². The van der Waals surface area contributed by atoms with Crippen molar-refractivity contribution >= 4 is 41.2 Å². The topological polar surface area (TPSA) is 121 Å². The fraction of sp³-hybridized carbons (Fsp3) is 0.611. The lowest BCUT2D eigenvalue weighted by atomic mass is 10.4. The van der Waals surface area contributed by atoms with Gasteiger partial charge in [-0.1, -0.05) is 171 Å². The summed E-state index contributed by atoms with van der Waals surface area (Å²) in [5, 5.41) is 3.11. The van der Waals surface area contributed by atoms with Crippen LogP contribution in [0.25, 0.3) is 0 Å². The molecule has 0 unspecified atom stereocenters. The number of benzene rings is 3. The van der Waals surface area contributed by atoms with E-state index in [0.29, 0.717) is 77.0 Å². The summed E-state index contributed by atoms with van der Waals surface area (Å²) in [6.07, 6.45) is 12.7. The predicted molar refractivity (Wildman–Crippen MR) is 288 cm³/mol. The second-order valence-electron chi connectivity index (χ2n) is 18.2. The maximum atomic E-state index is 14.7. The maximum Gasteiger partial charge on any atom is 0.372 e. The lowest BCUT2D eigenvalue weighted by Gasteiger charge is -2.32. The highest BCUT2D eigenvalue weighted by atomic mass is 28.4. The Morgan fingerprint density at radius 1 is 0.319 bits per heavy atom. The molecule has 0 amide bonds. The summed E-state index contributed by atoms with van der Waals surface area (Å²) in [6.45, 7) is 16.6. The Kier molecular flexibility index (Phi) is 27.3. The molecular weight excluding hydrogens is 919 g/mol. The summed E-state index contributed by atoms with van der Waals surface area (Å²) in [7, 11) is -9.05. The van der Waals surface area contributed by atoms with Gasteiger partial charge in [0.15, 0.2) is 0 Å². The third-order valence-electron chi connectivity index (χ3n) is 12.7. The molecule has 0 aliphatic heterocycles. The molecule has 0 aliphatic rings. The molecule has 0 atom stereocenters. The molecule has 0 fully saturated rings. The van der Waals surface area contributed by atoms with Gasteiger partial charge >= 0.3 is 42.8 Å². The monoisotopic (exact) mass is 1010 g/mol. The van der Waals surface area contributed by atoms with Crippen LogP contribution in [0.5, 0.6) is 0 Å². The maximum absolute atomic E-state index is 14.7. The van der Waals surface area contributed by atoms with Crippen LogP contribution in [0.1, 0.15) is 138 Å². The normalized spacial score (nSPS) is 12.3. The lowest BCUT2D eigenvalue weighted by molar-refractivity contribution is 0.173. The minimum Gasteiger partial charge on any atom is -0.391 e. The molecule has 0 saturated heterocycles. The molecule has 0 saturated carbocycles. The Bertz CT molecular complexity index is 1850. The van der Waals surface area contributed by atoms with Gasteiger partial charge in [-0.05, 0) is 91.5 Å². The summed E-state index contributed by atoms with van der Waals surface area (Å²) >= 11 is 0. The second-order valence-corrected chi connectivity index (χ2v) is 27.7. The molecule has 0 spiro atoms. The van der Waals surface area contributed by atoms with Crippen molar-refractivity contribution < 1.29 is 26.6 Å². The third kappa shape index (κ3) is 17.6. The van der Waals surface area contributed by atoms with Gasteiger partial charge in [-0.3, -0.25) is 0 Å². The summed E-state index contributed by atoms with van der Waals surface area (Å²) in [4.78, 5) is 44.2. The van der Waals surface area contributed by atoms with Gasteiger partial charge in [-0.2, -0.15) is 0 Å². The number of nitrogens with zero attached hydrogens (tertiary/aromatic N) is 3. The predicted octanol–water partition coefficient (Wildman–Crippen LogP) is 9.29. The zero-order valence-corrected chi connectivity index (χ0v) is 46.3. The first-order valence-electron chi connectivity index (χ1n) is 26.6. The molecule has 4 aromatic rings. The first-order valence-corrected chi connectivity index (χ1v) is 32.7. The molecule has 0 aliphatic carbocycles. The van der Waals surface area contributed by atoms with Gasteiger partial charge in [-0.15, -0.1) is 0 Å². The molecule has 1 aromatic heterocycles. The molecule has 4 rings (SSSR count). The van der Waals surface area contributed by atoms with Crippen LogP contribution in [0, 0.1) is 0 Å². The van der Waals surface area contributed by atoms with Crippen LogP contribution in [-0.4, -0.2) is 79.0 Å². The first-order chi connectivity index (χ1) is 33.7. The van der Waals surface area contributed by atoms with E-state index < -0.39 is 42.8 Å². The smallest absolute Gasteiger partial charge is 0.372 e. The lowest BCUT2D eigenvalue weighted by Crippen LogP contribution is -2.57. The van der Waals surface area contributed by atoms with Gasteiger partial charge in [0.25, 0.3) is 0 Å². The molecule has 12 nitrogen and oxygen atoms in total. The Labute approximate surface area is 417 Å². The van der Waals surface area contributed by atoms with Crippen molar-refractivity contribution in [3.8, 4) is 0 Å². The van der Waals surface area contributed by atoms with E-state index in [2.05, 4.69) is 77.9 Å². The van der Waals surface area contributed by atoms with E-state index in [1.54, 1.807) is 0 Å². The van der Waals surface area contributed by atoms with Crippen molar-refractivity contribution in [2.45, 2.75) is 176 Å². The van der Waals surface area contributed by atoms with Gasteiger partial charge in [0, 0.05) is 59.3 Å². The van der Waals surface area contributed by atoms with Gasteiger partial charge in [0.05, 0.1) is 0 Å². The van der Waals surface area contributed by atoms with Crippen LogP contribution in [0.15, 0.2) is 105 Å². The Hall–Kier alpha value is -3.52. The number of aromatic nitrogens is 3. The fourth-order valence-corrected chi connectivity index (χ4v) is 18.3. The van der Waals surface area contributed by atoms with E-state index >= 15 is 0 Å². The molecule has 15 heteroatoms. The van der Waals surface area contributed by atoms with Crippen molar-refractivity contribution in [1.82, 2.24) is 13.7 Å². The average molecular weight is 1010 g/mol.